The molecule has 1 aromatic heterocycles. The molecule has 0 fully saturated rings. The predicted octanol–water partition coefficient (Wildman–Crippen LogP) is 0.320. The lowest BCUT2D eigenvalue weighted by Gasteiger charge is -2.08. The molecular formula is C14H16N4O3. The van der Waals surface area contributed by atoms with Crippen molar-refractivity contribution in [3.05, 3.63) is 56.9 Å². The fourth-order valence-electron chi connectivity index (χ4n) is 1.85. The van der Waals surface area contributed by atoms with Crippen molar-refractivity contribution in [1.82, 2.24) is 9.55 Å². The zero-order chi connectivity index (χ0) is 15.4. The van der Waals surface area contributed by atoms with E-state index in [2.05, 4.69) is 10.3 Å². The van der Waals surface area contributed by atoms with Crippen LogP contribution in [-0.2, 0) is 17.8 Å². The van der Waals surface area contributed by atoms with Crippen molar-refractivity contribution in [2.45, 2.75) is 19.9 Å². The van der Waals surface area contributed by atoms with Crippen LogP contribution in [0.2, 0.25) is 0 Å². The van der Waals surface area contributed by atoms with Crippen LogP contribution >= 0.6 is 0 Å². The van der Waals surface area contributed by atoms with Gasteiger partial charge in [0, 0.05) is 23.1 Å². The Morgan fingerprint density at radius 1 is 1.29 bits per heavy atom. The lowest BCUT2D eigenvalue weighted by molar-refractivity contribution is -0.116. The van der Waals surface area contributed by atoms with E-state index in [-0.39, 0.29) is 12.5 Å². The number of amides is 1. The van der Waals surface area contributed by atoms with Gasteiger partial charge in [-0.3, -0.25) is 19.1 Å². The van der Waals surface area contributed by atoms with E-state index in [0.717, 1.165) is 0 Å². The predicted molar refractivity (Wildman–Crippen MR) is 80.2 cm³/mol. The Hall–Kier alpha value is -2.83. The zero-order valence-corrected chi connectivity index (χ0v) is 11.6. The van der Waals surface area contributed by atoms with Crippen LogP contribution in [0, 0.1) is 0 Å². The lowest BCUT2D eigenvalue weighted by Crippen LogP contribution is -2.34. The van der Waals surface area contributed by atoms with Crippen molar-refractivity contribution in [1.29, 1.82) is 0 Å². The number of hydrogen-bond acceptors (Lipinski definition) is 4. The lowest BCUT2D eigenvalue weighted by atomic mass is 10.2. The number of aromatic amines is 1. The molecule has 1 heterocycles. The van der Waals surface area contributed by atoms with Crippen LogP contribution in [0.25, 0.3) is 0 Å². The van der Waals surface area contributed by atoms with Crippen LogP contribution in [0.5, 0.6) is 0 Å². The molecule has 0 unspecified atom stereocenters. The molecular weight excluding hydrogens is 272 g/mol. The molecule has 0 saturated carbocycles. The molecule has 0 atom stereocenters. The summed E-state index contributed by atoms with van der Waals surface area (Å²) in [5.74, 6) is -0.365. The summed E-state index contributed by atoms with van der Waals surface area (Å²) < 4.78 is 1.17. The summed E-state index contributed by atoms with van der Waals surface area (Å²) in [7, 11) is 0. The largest absolute Gasteiger partial charge is 0.399 e. The second-order valence-electron chi connectivity index (χ2n) is 4.57. The number of nitrogens with two attached hydrogens (primary N) is 1. The van der Waals surface area contributed by atoms with Gasteiger partial charge in [-0.15, -0.1) is 0 Å². The number of anilines is 2. The molecule has 7 nitrogen and oxygen atoms in total. The van der Waals surface area contributed by atoms with E-state index in [9.17, 15) is 14.4 Å². The van der Waals surface area contributed by atoms with Gasteiger partial charge in [-0.1, -0.05) is 6.92 Å². The summed E-state index contributed by atoms with van der Waals surface area (Å²) in [5.41, 5.74) is 6.16. The normalized spacial score (nSPS) is 10.3. The Labute approximate surface area is 120 Å². The van der Waals surface area contributed by atoms with Crippen LogP contribution in [0.3, 0.4) is 0 Å². The van der Waals surface area contributed by atoms with Gasteiger partial charge in [-0.25, -0.2) is 4.79 Å². The van der Waals surface area contributed by atoms with Crippen molar-refractivity contribution >= 4 is 17.3 Å². The molecule has 7 heteroatoms. The molecule has 1 amide bonds. The van der Waals surface area contributed by atoms with Crippen LogP contribution in [-0.4, -0.2) is 15.5 Å². The minimum Gasteiger partial charge on any atom is -0.399 e. The van der Waals surface area contributed by atoms with Crippen LogP contribution in [0.15, 0.2) is 40.1 Å². The first-order valence-corrected chi connectivity index (χ1v) is 6.47. The summed E-state index contributed by atoms with van der Waals surface area (Å²) in [5, 5.41) is 2.65. The Kier molecular flexibility index (Phi) is 4.22. The van der Waals surface area contributed by atoms with Gasteiger partial charge >= 0.3 is 5.69 Å². The van der Waals surface area contributed by atoms with Crippen molar-refractivity contribution in [3.8, 4) is 0 Å². The molecule has 0 saturated heterocycles. The molecule has 21 heavy (non-hydrogen) atoms. The molecule has 0 aliphatic heterocycles. The van der Waals surface area contributed by atoms with E-state index in [0.29, 0.717) is 23.4 Å². The number of hydrogen-bond donors (Lipinski definition) is 3. The molecule has 0 bridgehead atoms. The second-order valence-corrected chi connectivity index (χ2v) is 4.57. The number of carbonyl (C=O) groups is 1. The number of carbonyl (C=O) groups excluding carboxylic acids is 1. The minimum absolute atomic E-state index is 0.174. The Balaban J connectivity index is 2.14. The van der Waals surface area contributed by atoms with E-state index < -0.39 is 11.2 Å². The number of H-pyrrole nitrogens is 1. The van der Waals surface area contributed by atoms with E-state index in [4.69, 9.17) is 5.73 Å². The summed E-state index contributed by atoms with van der Waals surface area (Å²) in [4.78, 5) is 37.2. The van der Waals surface area contributed by atoms with Crippen molar-refractivity contribution < 1.29 is 4.79 Å². The van der Waals surface area contributed by atoms with Gasteiger partial charge in [0.2, 0.25) is 5.91 Å². The van der Waals surface area contributed by atoms with Gasteiger partial charge in [-0.05, 0) is 30.7 Å². The molecule has 4 N–H and O–H groups in total. The summed E-state index contributed by atoms with van der Waals surface area (Å²) in [6.07, 6.45) is 1.89. The second kappa shape index (κ2) is 6.08. The summed E-state index contributed by atoms with van der Waals surface area (Å²) in [6.45, 7) is 1.63. The Morgan fingerprint density at radius 2 is 1.95 bits per heavy atom. The van der Waals surface area contributed by atoms with E-state index in [1.54, 1.807) is 31.2 Å². The SMILES string of the molecule is CCc1cn(CC(=O)Nc2ccc(N)cc2)c(=O)[nH]c1=O. The minimum atomic E-state index is -0.607. The van der Waals surface area contributed by atoms with Crippen molar-refractivity contribution in [3.63, 3.8) is 0 Å². The zero-order valence-electron chi connectivity index (χ0n) is 11.6. The molecule has 0 aliphatic rings. The molecule has 0 spiro atoms. The molecule has 110 valence electrons. The van der Waals surface area contributed by atoms with Crippen LogP contribution < -0.4 is 22.3 Å². The Morgan fingerprint density at radius 3 is 2.57 bits per heavy atom. The number of aryl methyl sites for hydroxylation is 1. The number of nitrogens with one attached hydrogen (secondary N) is 2. The van der Waals surface area contributed by atoms with E-state index in [1.165, 1.54) is 10.8 Å². The number of nitrogen functional groups attached to an aromatic ring is 1. The Bertz CT molecular complexity index is 759. The first-order chi connectivity index (χ1) is 9.99. The van der Waals surface area contributed by atoms with Crippen LogP contribution in [0.4, 0.5) is 11.4 Å². The number of nitrogens with zero attached hydrogens (tertiary/aromatic N) is 1. The summed E-state index contributed by atoms with van der Waals surface area (Å²) in [6, 6.07) is 6.66. The fraction of sp³-hybridized carbons (Fsp3) is 0.214. The molecule has 1 aromatic carbocycles. The molecule has 2 rings (SSSR count). The highest BCUT2D eigenvalue weighted by molar-refractivity contribution is 5.90. The topological polar surface area (TPSA) is 110 Å². The fourth-order valence-corrected chi connectivity index (χ4v) is 1.85. The highest BCUT2D eigenvalue weighted by Crippen LogP contribution is 2.10. The highest BCUT2D eigenvalue weighted by atomic mass is 16.2. The standard InChI is InChI=1S/C14H16N4O3/c1-2-9-7-18(14(21)17-13(9)20)8-12(19)16-11-5-3-10(15)4-6-11/h3-7H,2,8,15H2,1H3,(H,16,19)(H,17,20,21). The third-order valence-corrected chi connectivity index (χ3v) is 2.97. The first kappa shape index (κ1) is 14.6. The van der Waals surface area contributed by atoms with Crippen molar-refractivity contribution in [2.24, 2.45) is 0 Å². The third kappa shape index (κ3) is 3.59. The average Bonchev–Trinajstić information content (AvgIpc) is 2.44. The maximum atomic E-state index is 11.9. The van der Waals surface area contributed by atoms with Gasteiger partial charge in [-0.2, -0.15) is 0 Å². The number of rotatable bonds is 4. The van der Waals surface area contributed by atoms with Gasteiger partial charge in [0.25, 0.3) is 5.56 Å². The maximum Gasteiger partial charge on any atom is 0.328 e. The van der Waals surface area contributed by atoms with Gasteiger partial charge in [0.1, 0.15) is 6.54 Å². The smallest absolute Gasteiger partial charge is 0.328 e. The van der Waals surface area contributed by atoms with Crippen molar-refractivity contribution in [2.75, 3.05) is 11.1 Å². The quantitative estimate of drug-likeness (QED) is 0.704. The molecule has 0 aliphatic carbocycles. The number of aromatic nitrogens is 2. The third-order valence-electron chi connectivity index (χ3n) is 2.97. The van der Waals surface area contributed by atoms with E-state index >= 15 is 0 Å². The molecule has 2 aromatic rings. The van der Waals surface area contributed by atoms with E-state index in [1.807, 2.05) is 0 Å². The highest BCUT2D eigenvalue weighted by Gasteiger charge is 2.08. The van der Waals surface area contributed by atoms with Gasteiger partial charge in [0.15, 0.2) is 0 Å². The molecule has 0 radical (unpaired) electrons. The summed E-state index contributed by atoms with van der Waals surface area (Å²) >= 11 is 0. The number of benzene rings is 1. The average molecular weight is 288 g/mol. The monoisotopic (exact) mass is 288 g/mol. The van der Waals surface area contributed by atoms with Gasteiger partial charge in [0.05, 0.1) is 0 Å². The van der Waals surface area contributed by atoms with Crippen LogP contribution in [0.1, 0.15) is 12.5 Å². The first-order valence-electron chi connectivity index (χ1n) is 6.47. The maximum absolute atomic E-state index is 11.9. The van der Waals surface area contributed by atoms with Gasteiger partial charge < -0.3 is 11.1 Å².